The number of aliphatic carboxylic acids is 6. The van der Waals surface area contributed by atoms with Gasteiger partial charge in [-0.25, -0.2) is 0 Å². The first-order chi connectivity index (χ1) is 13.6. The van der Waals surface area contributed by atoms with Gasteiger partial charge in [0.2, 0.25) is 0 Å². The largest absolute Gasteiger partial charge is 3.00 e. The van der Waals surface area contributed by atoms with E-state index in [0.29, 0.717) is 0 Å². The van der Waals surface area contributed by atoms with Gasteiger partial charge in [0.15, 0.2) is 0 Å². The van der Waals surface area contributed by atoms with E-state index in [2.05, 4.69) is 0 Å². The van der Waals surface area contributed by atoms with Crippen LogP contribution < -0.4 is 47.8 Å². The van der Waals surface area contributed by atoms with E-state index >= 15 is 0 Å². The molecular weight excluding hydrogens is 644 g/mol. The zero-order valence-electron chi connectivity index (χ0n) is 16.8. The van der Waals surface area contributed by atoms with Crippen LogP contribution in [-0.4, -0.2) is 106 Å². The second kappa shape index (κ2) is 24.1. The first-order valence-corrected chi connectivity index (χ1v) is 8.10. The molecule has 0 aromatic carbocycles. The minimum absolute atomic E-state index is 0. The average molecular weight is 665 g/mol. The number of carbonyl (C=O) groups is 6. The van der Waals surface area contributed by atoms with Crippen molar-refractivity contribution in [1.82, 2.24) is 0 Å². The molecule has 0 heterocycles. The van der Waals surface area contributed by atoms with Crippen LogP contribution in [0.15, 0.2) is 0 Å². The minimum Gasteiger partial charge on any atom is -0.550 e. The molecule has 0 unspecified atom stereocenters. The van der Waals surface area contributed by atoms with Crippen molar-refractivity contribution in [2.45, 2.75) is 56.7 Å². The van der Waals surface area contributed by atoms with Crippen LogP contribution in [0.2, 0.25) is 0 Å². The molecule has 0 fully saturated rings. The number of carbonyl (C=O) groups excluding carboxylic acids is 6. The van der Waals surface area contributed by atoms with E-state index in [1.807, 2.05) is 0 Å². The second-order valence-electron chi connectivity index (χ2n) is 5.51. The van der Waals surface area contributed by atoms with Crippen LogP contribution in [0.4, 0.5) is 0 Å². The third kappa shape index (κ3) is 33.1. The summed E-state index contributed by atoms with van der Waals surface area (Å²) in [6.45, 7) is 0. The maximum atomic E-state index is 9.86. The predicted octanol–water partition coefficient (Wildman–Crippen LogP) is -11.0. The van der Waals surface area contributed by atoms with Gasteiger partial charge in [-0.1, -0.05) is 0 Å². The molecule has 0 aromatic heterocycles. The molecule has 0 aromatic rings. The first kappa shape index (κ1) is 40.8. The van der Waals surface area contributed by atoms with E-state index in [9.17, 15) is 59.4 Å². The summed E-state index contributed by atoms with van der Waals surface area (Å²) in [5, 5.41) is 58.8. The van der Waals surface area contributed by atoms with Crippen LogP contribution in [0.5, 0.6) is 0 Å². The molecule has 32 heavy (non-hydrogen) atoms. The van der Waals surface area contributed by atoms with Gasteiger partial charge in [-0.2, -0.15) is 0 Å². The molecule has 0 saturated carbocycles. The van der Waals surface area contributed by atoms with Crippen LogP contribution >= 0.6 is 0 Å². The molecule has 0 bridgehead atoms. The zero-order chi connectivity index (χ0) is 24.4. The first-order valence-electron chi connectivity index (χ1n) is 8.10. The fraction of sp³-hybridized carbons (Fsp3) is 0.600. The minimum atomic E-state index is -1.44. The maximum absolute atomic E-state index is 9.86. The molecular formula is C15H21In2N3O12. The topological polar surface area (TPSA) is 319 Å². The summed E-state index contributed by atoms with van der Waals surface area (Å²) >= 11 is 0. The second-order valence-corrected chi connectivity index (χ2v) is 5.51. The van der Waals surface area contributed by atoms with Crippen molar-refractivity contribution in [2.75, 3.05) is 0 Å². The third-order valence-corrected chi connectivity index (χ3v) is 2.89. The normalized spacial score (nSPS) is 11.7. The Morgan fingerprint density at radius 2 is 0.625 bits per heavy atom. The number of carboxylic acid groups (broad SMARTS) is 6. The van der Waals surface area contributed by atoms with Crippen molar-refractivity contribution < 1.29 is 59.4 Å². The molecule has 6 N–H and O–H groups in total. The Morgan fingerprint density at radius 1 is 0.469 bits per heavy atom. The summed E-state index contributed by atoms with van der Waals surface area (Å²) in [7, 11) is 0. The van der Waals surface area contributed by atoms with Gasteiger partial charge in [0.05, 0.1) is 17.9 Å². The molecule has 0 aliphatic rings. The molecule has 15 nitrogen and oxygen atoms in total. The fourth-order valence-electron chi connectivity index (χ4n) is 1.17. The Kier molecular flexibility index (Phi) is 30.7. The van der Waals surface area contributed by atoms with E-state index < -0.39 is 53.9 Å². The molecule has 0 radical (unpaired) electrons. The molecule has 0 aliphatic heterocycles. The van der Waals surface area contributed by atoms with Crippen molar-refractivity contribution in [3.05, 3.63) is 0 Å². The summed E-state index contributed by atoms with van der Waals surface area (Å²) in [5.74, 6) is -8.26. The molecule has 17 heteroatoms. The van der Waals surface area contributed by atoms with Crippen LogP contribution in [0, 0.1) is 0 Å². The van der Waals surface area contributed by atoms with Crippen LogP contribution in [0.25, 0.3) is 0 Å². The molecule has 0 rings (SSSR count). The predicted molar refractivity (Wildman–Crippen MR) is 93.2 cm³/mol. The molecule has 174 valence electrons. The summed E-state index contributed by atoms with van der Waals surface area (Å²) in [6.07, 6.45) is -1.50. The molecule has 3 atom stereocenters. The smallest absolute Gasteiger partial charge is 0.550 e. The van der Waals surface area contributed by atoms with Gasteiger partial charge in [0, 0.05) is 36.0 Å². The fourth-order valence-corrected chi connectivity index (χ4v) is 1.17. The van der Waals surface area contributed by atoms with Gasteiger partial charge in [0.1, 0.15) is 0 Å². The van der Waals surface area contributed by atoms with Gasteiger partial charge in [-0.3, -0.25) is 0 Å². The molecule has 0 amide bonds. The van der Waals surface area contributed by atoms with Crippen molar-refractivity contribution in [3.63, 3.8) is 0 Å². The van der Waals surface area contributed by atoms with E-state index in [4.69, 9.17) is 17.2 Å². The zero-order valence-corrected chi connectivity index (χ0v) is 23.4. The van der Waals surface area contributed by atoms with E-state index in [0.717, 1.165) is 0 Å². The average Bonchev–Trinajstić information content (AvgIpc) is 2.62. The molecule has 0 spiro atoms. The Bertz CT molecular complexity index is 525. The standard InChI is InChI=1S/3C5H9NO4.2In/c3*6-3(5(9)10)1-2-4(7)8;;/h3*3H,1-2,6H2,(H,7,8)(H,9,10);;/q;;;2*+3/p-6/t3*3-;;/m000../s1. The quantitative estimate of drug-likeness (QED) is 0.174. The Labute approximate surface area is 219 Å². The van der Waals surface area contributed by atoms with Crippen LogP contribution in [-0.2, 0) is 28.8 Å². The Balaban J connectivity index is -0.000000110. The van der Waals surface area contributed by atoms with Crippen molar-refractivity contribution in [2.24, 2.45) is 17.2 Å². The molecule has 0 aliphatic carbocycles. The summed E-state index contributed by atoms with van der Waals surface area (Å²) in [5.41, 5.74) is 14.7. The summed E-state index contributed by atoms with van der Waals surface area (Å²) < 4.78 is 0. The van der Waals surface area contributed by atoms with Crippen LogP contribution in [0.1, 0.15) is 38.5 Å². The number of rotatable bonds is 12. The third-order valence-electron chi connectivity index (χ3n) is 2.89. The van der Waals surface area contributed by atoms with E-state index in [1.165, 1.54) is 0 Å². The SMILES string of the molecule is N[C@@H](CCC(=O)[O-])C(=O)[O-].N[C@@H](CCC(=O)[O-])C(=O)[O-].N[C@@H](CCC(=O)[O-])C(=O)[O-].[In+3].[In+3]. The van der Waals surface area contributed by atoms with E-state index in [-0.39, 0.29) is 90.2 Å². The monoisotopic (exact) mass is 665 g/mol. The van der Waals surface area contributed by atoms with Gasteiger partial charge < -0.3 is 76.6 Å². The number of hydrogen-bond acceptors (Lipinski definition) is 15. The van der Waals surface area contributed by atoms with Crippen molar-refractivity contribution >= 4 is 87.5 Å². The summed E-state index contributed by atoms with van der Waals surface area (Å²) in [4.78, 5) is 58.8. The number of carboxylic acids is 6. The van der Waals surface area contributed by atoms with Crippen molar-refractivity contribution in [1.29, 1.82) is 0 Å². The maximum Gasteiger partial charge on any atom is 3.00 e. The van der Waals surface area contributed by atoms with Gasteiger partial charge in [-0.15, -0.1) is 0 Å². The van der Waals surface area contributed by atoms with Crippen molar-refractivity contribution in [3.8, 4) is 0 Å². The number of nitrogens with two attached hydrogens (primary N) is 3. The van der Waals surface area contributed by atoms with Gasteiger partial charge in [-0.05, 0) is 38.5 Å². The Morgan fingerprint density at radius 3 is 0.719 bits per heavy atom. The van der Waals surface area contributed by atoms with Crippen LogP contribution in [0.3, 0.4) is 0 Å². The van der Waals surface area contributed by atoms with Gasteiger partial charge in [0.25, 0.3) is 0 Å². The van der Waals surface area contributed by atoms with E-state index in [1.54, 1.807) is 0 Å². The summed E-state index contributed by atoms with van der Waals surface area (Å²) in [6, 6.07) is -3.63. The Hall–Kier alpha value is -1.56. The number of hydrogen-bond donors (Lipinski definition) is 3. The van der Waals surface area contributed by atoms with Gasteiger partial charge >= 0.3 is 51.7 Å². The molecule has 0 saturated heterocycles.